The van der Waals surface area contributed by atoms with Crippen molar-refractivity contribution in [1.29, 1.82) is 0 Å². The van der Waals surface area contributed by atoms with Crippen LogP contribution in [0.5, 0.6) is 5.75 Å². The number of ether oxygens (including phenoxy) is 1. The first-order valence-corrected chi connectivity index (χ1v) is 7.32. The van der Waals surface area contributed by atoms with Crippen LogP contribution >= 0.6 is 11.6 Å². The Morgan fingerprint density at radius 3 is 2.23 bits per heavy atom. The van der Waals surface area contributed by atoms with Crippen LogP contribution in [0.15, 0.2) is 48.0 Å². The third-order valence-corrected chi connectivity index (χ3v) is 3.77. The van der Waals surface area contributed by atoms with Crippen molar-refractivity contribution in [1.82, 2.24) is 0 Å². The average molecular weight is 313 g/mol. The highest BCUT2D eigenvalue weighted by Crippen LogP contribution is 2.30. The molecule has 0 fully saturated rings. The zero-order valence-corrected chi connectivity index (χ0v) is 12.7. The van der Waals surface area contributed by atoms with Crippen LogP contribution in [0.2, 0.25) is 5.02 Å². The Kier molecular flexibility index (Phi) is 3.82. The van der Waals surface area contributed by atoms with Crippen LogP contribution < -0.4 is 4.74 Å². The highest BCUT2D eigenvalue weighted by Gasteiger charge is 2.32. The zero-order valence-electron chi connectivity index (χ0n) is 11.9. The van der Waals surface area contributed by atoms with Gasteiger partial charge in [-0.2, -0.15) is 0 Å². The molecule has 110 valence electrons. The smallest absolute Gasteiger partial charge is 0.197 e. The molecule has 4 heteroatoms. The van der Waals surface area contributed by atoms with E-state index in [1.165, 1.54) is 0 Å². The van der Waals surface area contributed by atoms with E-state index >= 15 is 0 Å². The second kappa shape index (κ2) is 5.78. The van der Waals surface area contributed by atoms with Crippen LogP contribution in [0.4, 0.5) is 0 Å². The van der Waals surface area contributed by atoms with E-state index in [4.69, 9.17) is 16.3 Å². The molecule has 2 aromatic rings. The molecule has 2 aromatic carbocycles. The van der Waals surface area contributed by atoms with Gasteiger partial charge in [-0.1, -0.05) is 41.9 Å². The van der Waals surface area contributed by atoms with E-state index in [1.54, 1.807) is 48.5 Å². The van der Waals surface area contributed by atoms with Crippen molar-refractivity contribution in [3.05, 3.63) is 69.8 Å². The van der Waals surface area contributed by atoms with Gasteiger partial charge in [0.05, 0.1) is 17.2 Å². The van der Waals surface area contributed by atoms with E-state index in [9.17, 15) is 9.59 Å². The summed E-state index contributed by atoms with van der Waals surface area (Å²) in [4.78, 5) is 24.6. The monoisotopic (exact) mass is 312 g/mol. The molecule has 1 aliphatic carbocycles. The largest absolute Gasteiger partial charge is 0.492 e. The van der Waals surface area contributed by atoms with Gasteiger partial charge in [-0.05, 0) is 30.7 Å². The lowest BCUT2D eigenvalue weighted by Gasteiger charge is -2.06. The summed E-state index contributed by atoms with van der Waals surface area (Å²) in [7, 11) is 0. The zero-order chi connectivity index (χ0) is 15.7. The first kappa shape index (κ1) is 14.5. The van der Waals surface area contributed by atoms with Gasteiger partial charge in [-0.3, -0.25) is 9.59 Å². The fourth-order valence-corrected chi connectivity index (χ4v) is 2.69. The lowest BCUT2D eigenvalue weighted by molar-refractivity contribution is 0.0990. The van der Waals surface area contributed by atoms with Gasteiger partial charge in [-0.25, -0.2) is 0 Å². The quantitative estimate of drug-likeness (QED) is 0.630. The van der Waals surface area contributed by atoms with Crippen molar-refractivity contribution in [3.8, 4) is 5.75 Å². The summed E-state index contributed by atoms with van der Waals surface area (Å²) in [6, 6.07) is 12.0. The maximum absolute atomic E-state index is 12.3. The number of allylic oxidation sites excluding steroid dienone is 1. The number of hydrogen-bond donors (Lipinski definition) is 0. The van der Waals surface area contributed by atoms with Gasteiger partial charge in [0, 0.05) is 11.1 Å². The van der Waals surface area contributed by atoms with Crippen LogP contribution in [0.3, 0.4) is 0 Å². The Morgan fingerprint density at radius 2 is 1.68 bits per heavy atom. The Morgan fingerprint density at radius 1 is 1.05 bits per heavy atom. The standard InChI is InChI=1S/C18H13ClO3/c1-2-22-16-8-7-11(10-15(16)19)9-14-17(20)12-5-3-4-6-13(12)18(14)21/h3-10H,2H2,1H3. The second-order valence-electron chi connectivity index (χ2n) is 4.88. The van der Waals surface area contributed by atoms with Crippen molar-refractivity contribution in [2.45, 2.75) is 6.92 Å². The van der Waals surface area contributed by atoms with E-state index in [1.807, 2.05) is 6.92 Å². The summed E-state index contributed by atoms with van der Waals surface area (Å²) in [5.74, 6) is 0.0925. The third kappa shape index (κ3) is 2.44. The molecule has 0 heterocycles. The first-order valence-electron chi connectivity index (χ1n) is 6.94. The molecule has 0 unspecified atom stereocenters. The van der Waals surface area contributed by atoms with E-state index in [2.05, 4.69) is 0 Å². The number of Topliss-reactive ketones (excluding diaryl/α,β-unsaturated/α-hetero) is 2. The number of carbonyl (C=O) groups is 2. The molecule has 0 saturated carbocycles. The van der Waals surface area contributed by atoms with Gasteiger partial charge >= 0.3 is 0 Å². The molecule has 1 aliphatic rings. The highest BCUT2D eigenvalue weighted by molar-refractivity contribution is 6.41. The van der Waals surface area contributed by atoms with Crippen LogP contribution in [0.25, 0.3) is 6.08 Å². The van der Waals surface area contributed by atoms with Crippen molar-refractivity contribution >= 4 is 29.2 Å². The van der Waals surface area contributed by atoms with Crippen molar-refractivity contribution < 1.29 is 14.3 Å². The van der Waals surface area contributed by atoms with Crippen LogP contribution in [0.1, 0.15) is 33.2 Å². The lowest BCUT2D eigenvalue weighted by atomic mass is 10.1. The van der Waals surface area contributed by atoms with Gasteiger partial charge in [0.1, 0.15) is 5.75 Å². The van der Waals surface area contributed by atoms with Gasteiger partial charge in [0.2, 0.25) is 0 Å². The Hall–Kier alpha value is -2.39. The van der Waals surface area contributed by atoms with Crippen molar-refractivity contribution in [2.75, 3.05) is 6.61 Å². The molecule has 0 amide bonds. The number of ketones is 2. The van der Waals surface area contributed by atoms with E-state index in [-0.39, 0.29) is 17.1 Å². The highest BCUT2D eigenvalue weighted by atomic mass is 35.5. The SMILES string of the molecule is CCOc1ccc(C=C2C(=O)c3ccccc3C2=O)cc1Cl. The van der Waals surface area contributed by atoms with Gasteiger partial charge in [0.15, 0.2) is 11.6 Å². The number of hydrogen-bond acceptors (Lipinski definition) is 3. The van der Waals surface area contributed by atoms with Gasteiger partial charge in [0.25, 0.3) is 0 Å². The molecule has 0 atom stereocenters. The first-order chi connectivity index (χ1) is 10.6. The summed E-state index contributed by atoms with van der Waals surface area (Å²) in [5, 5.41) is 0.451. The molecule has 22 heavy (non-hydrogen) atoms. The van der Waals surface area contributed by atoms with E-state index < -0.39 is 0 Å². The number of benzene rings is 2. The Balaban J connectivity index is 1.99. The Labute approximate surface area is 133 Å². The van der Waals surface area contributed by atoms with Crippen LogP contribution in [-0.2, 0) is 0 Å². The molecule has 0 saturated heterocycles. The molecule has 0 aromatic heterocycles. The molecular weight excluding hydrogens is 300 g/mol. The number of fused-ring (bicyclic) bond motifs is 1. The topological polar surface area (TPSA) is 43.4 Å². The van der Waals surface area contributed by atoms with Gasteiger partial charge < -0.3 is 4.74 Å². The molecule has 0 aliphatic heterocycles. The predicted octanol–water partition coefficient (Wildman–Crippen LogP) is 4.20. The van der Waals surface area contributed by atoms with Crippen molar-refractivity contribution in [2.24, 2.45) is 0 Å². The number of carbonyl (C=O) groups excluding carboxylic acids is 2. The van der Waals surface area contributed by atoms with E-state index in [0.717, 1.165) is 0 Å². The summed E-state index contributed by atoms with van der Waals surface area (Å²) in [6.07, 6.45) is 1.58. The molecule has 0 spiro atoms. The van der Waals surface area contributed by atoms with E-state index in [0.29, 0.717) is 34.1 Å². The fraction of sp³-hybridized carbons (Fsp3) is 0.111. The third-order valence-electron chi connectivity index (χ3n) is 3.47. The fourth-order valence-electron chi connectivity index (χ4n) is 2.45. The molecule has 0 bridgehead atoms. The molecular formula is C18H13ClO3. The molecule has 0 radical (unpaired) electrons. The summed E-state index contributed by atoms with van der Waals surface area (Å²) >= 11 is 6.13. The summed E-state index contributed by atoms with van der Waals surface area (Å²) in [5.41, 5.74) is 1.77. The predicted molar refractivity (Wildman–Crippen MR) is 85.7 cm³/mol. The minimum Gasteiger partial charge on any atom is -0.492 e. The molecule has 3 nitrogen and oxygen atoms in total. The Bertz CT molecular complexity index is 769. The van der Waals surface area contributed by atoms with Crippen LogP contribution in [0, 0.1) is 0 Å². The van der Waals surface area contributed by atoms with Gasteiger partial charge in [-0.15, -0.1) is 0 Å². The minimum absolute atomic E-state index is 0.168. The summed E-state index contributed by atoms with van der Waals surface area (Å²) in [6.45, 7) is 2.39. The minimum atomic E-state index is -0.245. The maximum atomic E-state index is 12.3. The van der Waals surface area contributed by atoms with Crippen LogP contribution in [-0.4, -0.2) is 18.2 Å². The molecule has 0 N–H and O–H groups in total. The normalized spacial score (nSPS) is 13.3. The lowest BCUT2D eigenvalue weighted by Crippen LogP contribution is -2.00. The average Bonchev–Trinajstić information content (AvgIpc) is 2.76. The van der Waals surface area contributed by atoms with Crippen molar-refractivity contribution in [3.63, 3.8) is 0 Å². The second-order valence-corrected chi connectivity index (χ2v) is 5.29. The molecule has 3 rings (SSSR count). The maximum Gasteiger partial charge on any atom is 0.197 e. The summed E-state index contributed by atoms with van der Waals surface area (Å²) < 4.78 is 5.37. The number of halogens is 1. The number of rotatable bonds is 3.